The van der Waals surface area contributed by atoms with Crippen LogP contribution in [0.3, 0.4) is 0 Å². The second-order valence-electron chi connectivity index (χ2n) is 7.15. The number of carbonyl (C=O) groups is 1. The van der Waals surface area contributed by atoms with Gasteiger partial charge in [0.1, 0.15) is 0 Å². The molecule has 3 rings (SSSR count). The van der Waals surface area contributed by atoms with E-state index in [2.05, 4.69) is 10.6 Å². The summed E-state index contributed by atoms with van der Waals surface area (Å²) in [5.41, 5.74) is 1.99. The molecule has 1 saturated carbocycles. The van der Waals surface area contributed by atoms with Gasteiger partial charge in [0.25, 0.3) is 0 Å². The van der Waals surface area contributed by atoms with E-state index in [0.29, 0.717) is 18.6 Å². The van der Waals surface area contributed by atoms with Gasteiger partial charge in [-0.25, -0.2) is 0 Å². The third-order valence-electron chi connectivity index (χ3n) is 4.98. The molecule has 2 aliphatic rings. The van der Waals surface area contributed by atoms with Crippen LogP contribution in [0.4, 0.5) is 5.69 Å². The fraction of sp³-hybridized carbons (Fsp3) is 0.632. The van der Waals surface area contributed by atoms with Gasteiger partial charge in [-0.3, -0.25) is 4.79 Å². The summed E-state index contributed by atoms with van der Waals surface area (Å²) in [7, 11) is 0. The molecule has 2 fully saturated rings. The van der Waals surface area contributed by atoms with Gasteiger partial charge in [0.15, 0.2) is 0 Å². The first kappa shape index (κ1) is 16.5. The number of hydrogen-bond acceptors (Lipinski definition) is 3. The Morgan fingerprint density at radius 1 is 1.26 bits per heavy atom. The van der Waals surface area contributed by atoms with Gasteiger partial charge >= 0.3 is 0 Å². The van der Waals surface area contributed by atoms with Gasteiger partial charge in [-0.1, -0.05) is 25.0 Å². The Bertz CT molecular complexity index is 513. The monoisotopic (exact) mass is 316 g/mol. The van der Waals surface area contributed by atoms with Crippen LogP contribution in [0.5, 0.6) is 0 Å². The zero-order chi connectivity index (χ0) is 16.2. The van der Waals surface area contributed by atoms with Crippen molar-refractivity contribution in [1.29, 1.82) is 0 Å². The predicted octanol–water partition coefficient (Wildman–Crippen LogP) is 3.47. The molecule has 0 bridgehead atoms. The average molecular weight is 316 g/mol. The zero-order valence-corrected chi connectivity index (χ0v) is 14.2. The minimum absolute atomic E-state index is 0.0351. The third kappa shape index (κ3) is 4.33. The molecule has 2 N–H and O–H groups in total. The SMILES string of the molecule is CC(C)OCc1ccc(NC(=O)C2CC3CCCCC3N2)cc1. The normalized spacial score (nSPS) is 27.0. The van der Waals surface area contributed by atoms with Gasteiger partial charge in [0.2, 0.25) is 5.91 Å². The van der Waals surface area contributed by atoms with Crippen molar-refractivity contribution in [2.24, 2.45) is 5.92 Å². The first-order valence-corrected chi connectivity index (χ1v) is 8.89. The lowest BCUT2D eigenvalue weighted by Crippen LogP contribution is -2.39. The number of ether oxygens (including phenoxy) is 1. The van der Waals surface area contributed by atoms with Crippen LogP contribution in [0.2, 0.25) is 0 Å². The standard InChI is InChI=1S/C19H28N2O2/c1-13(2)23-12-14-7-9-16(10-8-14)20-19(22)18-11-15-5-3-4-6-17(15)21-18/h7-10,13,15,17-18,21H,3-6,11-12H2,1-2H3,(H,20,22). The summed E-state index contributed by atoms with van der Waals surface area (Å²) in [6.07, 6.45) is 6.31. The van der Waals surface area contributed by atoms with E-state index >= 15 is 0 Å². The summed E-state index contributed by atoms with van der Waals surface area (Å²) in [5, 5.41) is 6.57. The van der Waals surface area contributed by atoms with Crippen molar-refractivity contribution in [2.45, 2.75) is 70.7 Å². The quantitative estimate of drug-likeness (QED) is 0.874. The first-order valence-electron chi connectivity index (χ1n) is 8.89. The van der Waals surface area contributed by atoms with Gasteiger partial charge < -0.3 is 15.4 Å². The smallest absolute Gasteiger partial charge is 0.241 e. The van der Waals surface area contributed by atoms with E-state index in [0.717, 1.165) is 17.7 Å². The van der Waals surface area contributed by atoms with Gasteiger partial charge in [0.05, 0.1) is 18.8 Å². The first-order chi connectivity index (χ1) is 11.1. The van der Waals surface area contributed by atoms with E-state index in [1.165, 1.54) is 25.7 Å². The Balaban J connectivity index is 1.51. The maximum absolute atomic E-state index is 12.5. The molecule has 1 amide bonds. The number of amides is 1. The van der Waals surface area contributed by atoms with Crippen molar-refractivity contribution in [3.63, 3.8) is 0 Å². The maximum Gasteiger partial charge on any atom is 0.241 e. The molecule has 1 aliphatic heterocycles. The Hall–Kier alpha value is -1.39. The van der Waals surface area contributed by atoms with E-state index in [1.54, 1.807) is 0 Å². The molecule has 3 unspecified atom stereocenters. The largest absolute Gasteiger partial charge is 0.374 e. The van der Waals surface area contributed by atoms with Crippen LogP contribution < -0.4 is 10.6 Å². The van der Waals surface area contributed by atoms with Crippen LogP contribution in [0, 0.1) is 5.92 Å². The van der Waals surface area contributed by atoms with Crippen molar-refractivity contribution in [3.8, 4) is 0 Å². The molecule has 4 heteroatoms. The minimum atomic E-state index is -0.0351. The Morgan fingerprint density at radius 2 is 2.00 bits per heavy atom. The topological polar surface area (TPSA) is 50.4 Å². The lowest BCUT2D eigenvalue weighted by Gasteiger charge is -2.24. The summed E-state index contributed by atoms with van der Waals surface area (Å²) in [6.45, 7) is 4.67. The summed E-state index contributed by atoms with van der Waals surface area (Å²) >= 11 is 0. The molecule has 0 radical (unpaired) electrons. The molecular weight excluding hydrogens is 288 g/mol. The highest BCUT2D eigenvalue weighted by molar-refractivity contribution is 5.95. The second kappa shape index (κ2) is 7.45. The van der Waals surface area contributed by atoms with Crippen LogP contribution in [0.25, 0.3) is 0 Å². The lowest BCUT2D eigenvalue weighted by atomic mass is 9.85. The van der Waals surface area contributed by atoms with Crippen molar-refractivity contribution in [3.05, 3.63) is 29.8 Å². The van der Waals surface area contributed by atoms with E-state index in [1.807, 2.05) is 38.1 Å². The van der Waals surface area contributed by atoms with Crippen LogP contribution in [0.1, 0.15) is 51.5 Å². The van der Waals surface area contributed by atoms with Gasteiger partial charge in [-0.05, 0) is 56.7 Å². The van der Waals surface area contributed by atoms with Gasteiger partial charge in [-0.15, -0.1) is 0 Å². The number of rotatable bonds is 5. The van der Waals surface area contributed by atoms with Crippen molar-refractivity contribution in [1.82, 2.24) is 5.32 Å². The van der Waals surface area contributed by atoms with Crippen LogP contribution in [-0.2, 0) is 16.1 Å². The second-order valence-corrected chi connectivity index (χ2v) is 7.15. The highest BCUT2D eigenvalue weighted by atomic mass is 16.5. The fourth-order valence-corrected chi connectivity index (χ4v) is 3.70. The Labute approximate surface area is 139 Å². The predicted molar refractivity (Wildman–Crippen MR) is 92.3 cm³/mol. The molecule has 4 nitrogen and oxygen atoms in total. The number of carbonyl (C=O) groups excluding carboxylic acids is 1. The van der Waals surface area contributed by atoms with E-state index in [9.17, 15) is 4.79 Å². The van der Waals surface area contributed by atoms with Crippen LogP contribution >= 0.6 is 0 Å². The third-order valence-corrected chi connectivity index (χ3v) is 4.98. The molecule has 23 heavy (non-hydrogen) atoms. The summed E-state index contributed by atoms with van der Waals surface area (Å²) < 4.78 is 5.59. The Kier molecular flexibility index (Phi) is 5.34. The number of benzene rings is 1. The zero-order valence-electron chi connectivity index (χ0n) is 14.2. The molecule has 0 aromatic heterocycles. The highest BCUT2D eigenvalue weighted by Crippen LogP contribution is 2.33. The number of nitrogens with one attached hydrogen (secondary N) is 2. The summed E-state index contributed by atoms with van der Waals surface area (Å²) in [5.74, 6) is 0.792. The maximum atomic E-state index is 12.5. The van der Waals surface area contributed by atoms with Gasteiger partial charge in [-0.2, -0.15) is 0 Å². The molecule has 126 valence electrons. The highest BCUT2D eigenvalue weighted by Gasteiger charge is 2.38. The van der Waals surface area contributed by atoms with E-state index in [4.69, 9.17) is 4.74 Å². The van der Waals surface area contributed by atoms with Crippen molar-refractivity contribution < 1.29 is 9.53 Å². The number of anilines is 1. The summed E-state index contributed by atoms with van der Waals surface area (Å²) in [4.78, 5) is 12.5. The lowest BCUT2D eigenvalue weighted by molar-refractivity contribution is -0.117. The molecular formula is C19H28N2O2. The molecule has 0 spiro atoms. The number of fused-ring (bicyclic) bond motifs is 1. The number of hydrogen-bond donors (Lipinski definition) is 2. The Morgan fingerprint density at radius 3 is 2.70 bits per heavy atom. The van der Waals surface area contributed by atoms with Gasteiger partial charge in [0, 0.05) is 11.7 Å². The average Bonchev–Trinajstić information content (AvgIpc) is 2.98. The minimum Gasteiger partial charge on any atom is -0.374 e. The molecule has 1 aromatic carbocycles. The molecule has 1 saturated heterocycles. The van der Waals surface area contributed by atoms with E-state index < -0.39 is 0 Å². The molecule has 1 aromatic rings. The van der Waals surface area contributed by atoms with Crippen molar-refractivity contribution >= 4 is 11.6 Å². The fourth-order valence-electron chi connectivity index (χ4n) is 3.70. The molecule has 1 heterocycles. The van der Waals surface area contributed by atoms with E-state index in [-0.39, 0.29) is 18.1 Å². The van der Waals surface area contributed by atoms with Crippen LogP contribution in [0.15, 0.2) is 24.3 Å². The summed E-state index contributed by atoms with van der Waals surface area (Å²) in [6, 6.07) is 8.46. The molecule has 1 aliphatic carbocycles. The molecule has 3 atom stereocenters. The van der Waals surface area contributed by atoms with Crippen molar-refractivity contribution in [2.75, 3.05) is 5.32 Å². The van der Waals surface area contributed by atoms with Crippen LogP contribution in [-0.4, -0.2) is 24.1 Å².